The Hall–Kier alpha value is 0. The first-order valence-corrected chi connectivity index (χ1v) is 3.61. The van der Waals surface area contributed by atoms with Crippen molar-refractivity contribution in [3.8, 4) is 0 Å². The van der Waals surface area contributed by atoms with Gasteiger partial charge in [-0.25, -0.2) is 0 Å². The smallest absolute Gasteiger partial charge is 0.0303 e. The topological polar surface area (TPSA) is 0 Å². The van der Waals surface area contributed by atoms with E-state index in [0.717, 1.165) is 5.92 Å². The monoisotopic (exact) mass is 110 g/mol. The van der Waals surface area contributed by atoms with Crippen LogP contribution in [0.5, 0.6) is 0 Å². The fourth-order valence-corrected chi connectivity index (χ4v) is 2.06. The largest absolute Gasteiger partial charge is 0.0599 e. The molecule has 0 spiro atoms. The van der Waals surface area contributed by atoms with Crippen LogP contribution in [-0.2, 0) is 0 Å². The van der Waals surface area contributed by atoms with Gasteiger partial charge in [-0.1, -0.05) is 20.8 Å². The van der Waals surface area contributed by atoms with Crippen molar-refractivity contribution in [1.29, 1.82) is 0 Å². The number of hydrogen-bond donors (Lipinski definition) is 0. The number of fused-ring (bicyclic) bond motifs is 1. The molecular weight excluding hydrogens is 96.1 g/mol. The molecule has 0 heteroatoms. The second-order valence-corrected chi connectivity index (χ2v) is 4.46. The first kappa shape index (κ1) is 4.84. The minimum Gasteiger partial charge on any atom is -0.0599 e. The van der Waals surface area contributed by atoms with Gasteiger partial charge in [0.05, 0.1) is 0 Å². The van der Waals surface area contributed by atoms with Crippen LogP contribution in [0.3, 0.4) is 0 Å². The Labute approximate surface area is 51.3 Å². The molecular formula is C8H14. The molecule has 0 heterocycles. The van der Waals surface area contributed by atoms with Crippen molar-refractivity contribution >= 4 is 0 Å². The third-order valence-electron chi connectivity index (χ3n) is 2.67. The van der Waals surface area contributed by atoms with Crippen molar-refractivity contribution in [2.45, 2.75) is 27.2 Å². The van der Waals surface area contributed by atoms with Crippen LogP contribution in [-0.4, -0.2) is 0 Å². The minimum absolute atomic E-state index is 0.633. The predicted octanol–water partition coefficient (Wildman–Crippen LogP) is 2.30. The highest BCUT2D eigenvalue weighted by atomic mass is 14.7. The average molecular weight is 110 g/mol. The highest BCUT2D eigenvalue weighted by Gasteiger charge is 2.67. The molecule has 0 aromatic heterocycles. The van der Waals surface area contributed by atoms with Crippen LogP contribution in [0.4, 0.5) is 0 Å². The van der Waals surface area contributed by atoms with E-state index in [-0.39, 0.29) is 0 Å². The zero-order chi connectivity index (χ0) is 5.94. The minimum atomic E-state index is 0.633. The van der Waals surface area contributed by atoms with Crippen LogP contribution < -0.4 is 0 Å². The fraction of sp³-hybridized carbons (Fsp3) is 1.00. The van der Waals surface area contributed by atoms with E-state index in [1.54, 1.807) is 6.42 Å². The van der Waals surface area contributed by atoms with Gasteiger partial charge in [-0.05, 0) is 29.6 Å². The van der Waals surface area contributed by atoms with Crippen LogP contribution in [0.1, 0.15) is 27.2 Å². The lowest BCUT2D eigenvalue weighted by atomic mass is 9.84. The Bertz CT molecular complexity index is 110. The summed E-state index contributed by atoms with van der Waals surface area (Å²) < 4.78 is 0. The molecule has 0 N–H and O–H groups in total. The standard InChI is InChI=1S/C8H14/c1-8(2,3)7-5-4-6(5)7/h5-7H,4H2,1-3H3. The molecule has 8 heavy (non-hydrogen) atoms. The number of hydrogen-bond acceptors (Lipinski definition) is 0. The van der Waals surface area contributed by atoms with E-state index in [9.17, 15) is 0 Å². The molecule has 2 atom stereocenters. The molecule has 2 saturated carbocycles. The normalized spacial score (nSPS) is 50.6. The molecule has 2 aliphatic carbocycles. The fourth-order valence-electron chi connectivity index (χ4n) is 2.06. The van der Waals surface area contributed by atoms with E-state index in [4.69, 9.17) is 0 Å². The first-order valence-electron chi connectivity index (χ1n) is 3.61. The summed E-state index contributed by atoms with van der Waals surface area (Å²) in [6, 6.07) is 0. The first-order chi connectivity index (χ1) is 3.61. The quantitative estimate of drug-likeness (QED) is 0.449. The highest BCUT2D eigenvalue weighted by Crippen LogP contribution is 2.73. The maximum Gasteiger partial charge on any atom is -0.0303 e. The van der Waals surface area contributed by atoms with Gasteiger partial charge >= 0.3 is 0 Å². The van der Waals surface area contributed by atoms with Crippen LogP contribution in [0.25, 0.3) is 0 Å². The van der Waals surface area contributed by atoms with Crippen molar-refractivity contribution in [3.63, 3.8) is 0 Å². The van der Waals surface area contributed by atoms with Crippen molar-refractivity contribution in [2.24, 2.45) is 23.2 Å². The molecule has 0 bridgehead atoms. The van der Waals surface area contributed by atoms with E-state index in [1.165, 1.54) is 11.8 Å². The molecule has 2 aliphatic rings. The summed E-state index contributed by atoms with van der Waals surface area (Å²) in [5.74, 6) is 3.47. The average Bonchev–Trinajstić information content (AvgIpc) is 1.94. The van der Waals surface area contributed by atoms with Gasteiger partial charge in [0, 0.05) is 0 Å². The van der Waals surface area contributed by atoms with E-state index >= 15 is 0 Å². The molecule has 46 valence electrons. The maximum atomic E-state index is 2.36. The molecule has 0 radical (unpaired) electrons. The second kappa shape index (κ2) is 0.984. The van der Waals surface area contributed by atoms with E-state index < -0.39 is 0 Å². The molecule has 0 aromatic carbocycles. The third kappa shape index (κ3) is 0.463. The van der Waals surface area contributed by atoms with Gasteiger partial charge in [0.2, 0.25) is 0 Å². The summed E-state index contributed by atoms with van der Waals surface area (Å²) >= 11 is 0. The zero-order valence-electron chi connectivity index (χ0n) is 5.94. The van der Waals surface area contributed by atoms with Gasteiger partial charge in [0.15, 0.2) is 0 Å². The molecule has 2 fully saturated rings. The lowest BCUT2D eigenvalue weighted by Crippen LogP contribution is -2.13. The summed E-state index contributed by atoms with van der Waals surface area (Å²) in [7, 11) is 0. The summed E-state index contributed by atoms with van der Waals surface area (Å²) in [6.07, 6.45) is 1.56. The summed E-state index contributed by atoms with van der Waals surface area (Å²) in [4.78, 5) is 0. The van der Waals surface area contributed by atoms with Gasteiger partial charge in [0.1, 0.15) is 0 Å². The highest BCUT2D eigenvalue weighted by molar-refractivity contribution is 5.15. The second-order valence-electron chi connectivity index (χ2n) is 4.46. The van der Waals surface area contributed by atoms with Crippen LogP contribution in [0.15, 0.2) is 0 Å². The molecule has 0 amide bonds. The van der Waals surface area contributed by atoms with E-state index in [0.29, 0.717) is 5.41 Å². The molecule has 2 rings (SSSR count). The molecule has 2 unspecified atom stereocenters. The van der Waals surface area contributed by atoms with Crippen molar-refractivity contribution in [3.05, 3.63) is 0 Å². The molecule has 0 nitrogen and oxygen atoms in total. The van der Waals surface area contributed by atoms with Gasteiger partial charge in [-0.3, -0.25) is 0 Å². The Morgan fingerprint density at radius 2 is 1.62 bits per heavy atom. The van der Waals surface area contributed by atoms with Crippen molar-refractivity contribution < 1.29 is 0 Å². The Kier molecular flexibility index (Phi) is 0.595. The van der Waals surface area contributed by atoms with E-state index in [2.05, 4.69) is 20.8 Å². The van der Waals surface area contributed by atoms with Gasteiger partial charge in [-0.2, -0.15) is 0 Å². The zero-order valence-corrected chi connectivity index (χ0v) is 5.94. The van der Waals surface area contributed by atoms with E-state index in [1.807, 2.05) is 0 Å². The van der Waals surface area contributed by atoms with Crippen molar-refractivity contribution in [1.82, 2.24) is 0 Å². The Balaban J connectivity index is 2.00. The summed E-state index contributed by atoms with van der Waals surface area (Å²) in [5, 5.41) is 0. The molecule has 0 aliphatic heterocycles. The molecule has 0 saturated heterocycles. The Morgan fingerprint density at radius 3 is 1.62 bits per heavy atom. The van der Waals surface area contributed by atoms with Crippen LogP contribution in [0, 0.1) is 23.2 Å². The van der Waals surface area contributed by atoms with Crippen LogP contribution >= 0.6 is 0 Å². The maximum absolute atomic E-state index is 2.36. The lowest BCUT2D eigenvalue weighted by molar-refractivity contribution is 0.287. The summed E-state index contributed by atoms with van der Waals surface area (Å²) in [6.45, 7) is 7.09. The number of rotatable bonds is 0. The van der Waals surface area contributed by atoms with Gasteiger partial charge in [0.25, 0.3) is 0 Å². The van der Waals surface area contributed by atoms with Gasteiger partial charge < -0.3 is 0 Å². The lowest BCUT2D eigenvalue weighted by Gasteiger charge is -2.21. The summed E-state index contributed by atoms with van der Waals surface area (Å²) in [5.41, 5.74) is 0.633. The van der Waals surface area contributed by atoms with Crippen LogP contribution in [0.2, 0.25) is 0 Å². The van der Waals surface area contributed by atoms with Crippen molar-refractivity contribution in [2.75, 3.05) is 0 Å². The Morgan fingerprint density at radius 1 is 1.12 bits per heavy atom. The SMILES string of the molecule is CC(C)(C)C1C2CC21. The molecule has 0 aromatic rings. The third-order valence-corrected chi connectivity index (χ3v) is 2.67. The van der Waals surface area contributed by atoms with Gasteiger partial charge in [-0.15, -0.1) is 0 Å². The predicted molar refractivity (Wildman–Crippen MR) is 34.5 cm³/mol.